The Bertz CT molecular complexity index is 962. The zero-order chi connectivity index (χ0) is 21.8. The molecule has 0 fully saturated rings. The van der Waals surface area contributed by atoms with Crippen LogP contribution in [0.25, 0.3) is 0 Å². The number of fused-ring (bicyclic) bond motifs is 1. The fourth-order valence-corrected chi connectivity index (χ4v) is 3.93. The van der Waals surface area contributed by atoms with Crippen LogP contribution in [0.15, 0.2) is 24.3 Å². The zero-order valence-electron chi connectivity index (χ0n) is 17.8. The van der Waals surface area contributed by atoms with E-state index in [0.717, 1.165) is 24.8 Å². The largest absolute Gasteiger partial charge is 0.461 e. The van der Waals surface area contributed by atoms with Crippen LogP contribution >= 0.6 is 0 Å². The van der Waals surface area contributed by atoms with Gasteiger partial charge in [0, 0.05) is 5.69 Å². The van der Waals surface area contributed by atoms with Gasteiger partial charge >= 0.3 is 11.9 Å². The van der Waals surface area contributed by atoms with Crippen LogP contribution in [0, 0.1) is 13.8 Å². The molecule has 7 heteroatoms. The lowest BCUT2D eigenvalue weighted by molar-refractivity contribution is -0.130. The second-order valence-electron chi connectivity index (χ2n) is 7.55. The van der Waals surface area contributed by atoms with Crippen molar-refractivity contribution in [3.63, 3.8) is 0 Å². The Morgan fingerprint density at radius 3 is 2.67 bits per heavy atom. The zero-order valence-corrected chi connectivity index (χ0v) is 17.8. The van der Waals surface area contributed by atoms with Gasteiger partial charge in [-0.15, -0.1) is 0 Å². The molecule has 2 aromatic rings. The number of carbonyl (C=O) groups excluding carboxylic acids is 3. The Labute approximate surface area is 176 Å². The van der Waals surface area contributed by atoms with Crippen molar-refractivity contribution < 1.29 is 23.9 Å². The lowest BCUT2D eigenvalue weighted by Gasteiger charge is -2.27. The van der Waals surface area contributed by atoms with Crippen LogP contribution in [0.3, 0.4) is 0 Å². The van der Waals surface area contributed by atoms with Gasteiger partial charge in [-0.2, -0.15) is 0 Å². The topological polar surface area (TPSA) is 97.5 Å². The molecule has 2 unspecified atom stereocenters. The fourth-order valence-electron chi connectivity index (χ4n) is 3.93. The number of rotatable bonds is 6. The van der Waals surface area contributed by atoms with Crippen LogP contribution in [-0.2, 0) is 20.7 Å². The highest BCUT2D eigenvalue weighted by molar-refractivity contribution is 5.99. The summed E-state index contributed by atoms with van der Waals surface area (Å²) in [7, 11) is 0. The van der Waals surface area contributed by atoms with E-state index in [-0.39, 0.29) is 29.8 Å². The molecule has 0 saturated carbocycles. The van der Waals surface area contributed by atoms with Crippen molar-refractivity contribution in [3.05, 3.63) is 57.9 Å². The molecule has 1 amide bonds. The standard InChI is InChI=1S/C23H28N2O5/c1-5-29-23(28)20-13(2)19(14(3)24-20)22(27)30-15(4)21(26)25-18-12-8-10-16-9-6-7-11-17(16)18/h6-7,9,11,15,18,24H,5,8,10,12H2,1-4H3,(H,25,26). The van der Waals surface area contributed by atoms with E-state index in [9.17, 15) is 14.4 Å². The Balaban J connectivity index is 1.68. The number of aromatic nitrogens is 1. The third-order valence-electron chi connectivity index (χ3n) is 5.46. The summed E-state index contributed by atoms with van der Waals surface area (Å²) in [5.74, 6) is -1.52. The highest BCUT2D eigenvalue weighted by Gasteiger charge is 2.28. The minimum absolute atomic E-state index is 0.0882. The van der Waals surface area contributed by atoms with Crippen molar-refractivity contribution in [2.45, 2.75) is 59.1 Å². The molecule has 1 aromatic carbocycles. The van der Waals surface area contributed by atoms with Gasteiger partial charge in [0.2, 0.25) is 0 Å². The van der Waals surface area contributed by atoms with Gasteiger partial charge in [-0.25, -0.2) is 9.59 Å². The number of esters is 2. The normalized spacial score (nSPS) is 16.3. The first-order chi connectivity index (χ1) is 14.3. The Hall–Kier alpha value is -3.09. The maximum atomic E-state index is 12.7. The first kappa shape index (κ1) is 21.6. The van der Waals surface area contributed by atoms with Crippen LogP contribution in [0.5, 0.6) is 0 Å². The van der Waals surface area contributed by atoms with Gasteiger partial charge in [-0.05, 0) is 63.6 Å². The summed E-state index contributed by atoms with van der Waals surface area (Å²) in [6, 6.07) is 7.98. The SMILES string of the molecule is CCOC(=O)c1[nH]c(C)c(C(=O)OC(C)C(=O)NC2CCCc3ccccc32)c1C. The van der Waals surface area contributed by atoms with Crippen LogP contribution in [0.1, 0.15) is 76.0 Å². The number of benzene rings is 1. The highest BCUT2D eigenvalue weighted by Crippen LogP contribution is 2.29. The highest BCUT2D eigenvalue weighted by atomic mass is 16.5. The van der Waals surface area contributed by atoms with Gasteiger partial charge in [-0.1, -0.05) is 24.3 Å². The van der Waals surface area contributed by atoms with Crippen LogP contribution in [0.2, 0.25) is 0 Å². The summed E-state index contributed by atoms with van der Waals surface area (Å²) in [5, 5.41) is 3.00. The van der Waals surface area contributed by atoms with Crippen LogP contribution < -0.4 is 5.32 Å². The number of hydrogen-bond acceptors (Lipinski definition) is 5. The summed E-state index contributed by atoms with van der Waals surface area (Å²) in [4.78, 5) is 40.3. The molecule has 1 aliphatic carbocycles. The summed E-state index contributed by atoms with van der Waals surface area (Å²) in [6.45, 7) is 6.82. The molecule has 0 saturated heterocycles. The maximum Gasteiger partial charge on any atom is 0.355 e. The summed E-state index contributed by atoms with van der Waals surface area (Å²) in [6.07, 6.45) is 1.88. The number of carbonyl (C=O) groups is 3. The van der Waals surface area contributed by atoms with Crippen molar-refractivity contribution in [2.24, 2.45) is 0 Å². The third kappa shape index (κ3) is 4.40. The molecule has 1 heterocycles. The van der Waals surface area contributed by atoms with Crippen molar-refractivity contribution in [3.8, 4) is 0 Å². The average Bonchev–Trinajstić information content (AvgIpc) is 3.02. The van der Waals surface area contributed by atoms with Crippen molar-refractivity contribution in [1.29, 1.82) is 0 Å². The van der Waals surface area contributed by atoms with E-state index in [0.29, 0.717) is 11.3 Å². The summed E-state index contributed by atoms with van der Waals surface area (Å²) >= 11 is 0. The molecule has 30 heavy (non-hydrogen) atoms. The van der Waals surface area contributed by atoms with E-state index in [1.165, 1.54) is 5.56 Å². The predicted molar refractivity (Wildman–Crippen MR) is 111 cm³/mol. The summed E-state index contributed by atoms with van der Waals surface area (Å²) in [5.41, 5.74) is 3.77. The number of ether oxygens (including phenoxy) is 2. The number of H-pyrrole nitrogens is 1. The lowest BCUT2D eigenvalue weighted by atomic mass is 9.87. The summed E-state index contributed by atoms with van der Waals surface area (Å²) < 4.78 is 10.4. The maximum absolute atomic E-state index is 12.7. The molecule has 1 aromatic heterocycles. The Kier molecular flexibility index (Phi) is 6.59. The molecule has 2 atom stereocenters. The van der Waals surface area contributed by atoms with E-state index >= 15 is 0 Å². The molecule has 160 valence electrons. The van der Waals surface area contributed by atoms with Gasteiger partial charge in [0.15, 0.2) is 6.10 Å². The molecule has 0 spiro atoms. The first-order valence-electron chi connectivity index (χ1n) is 10.3. The Morgan fingerprint density at radius 1 is 1.20 bits per heavy atom. The predicted octanol–water partition coefficient (Wildman–Crippen LogP) is 3.55. The molecule has 0 bridgehead atoms. The monoisotopic (exact) mass is 412 g/mol. The quantitative estimate of drug-likeness (QED) is 0.707. The third-order valence-corrected chi connectivity index (χ3v) is 5.46. The molecule has 3 rings (SSSR count). The first-order valence-corrected chi connectivity index (χ1v) is 10.3. The molecular formula is C23H28N2O5. The van der Waals surface area contributed by atoms with Crippen molar-refractivity contribution in [1.82, 2.24) is 10.3 Å². The van der Waals surface area contributed by atoms with E-state index < -0.39 is 18.0 Å². The molecule has 7 nitrogen and oxygen atoms in total. The number of aryl methyl sites for hydroxylation is 2. The van der Waals surface area contributed by atoms with E-state index in [1.54, 1.807) is 27.7 Å². The fraction of sp³-hybridized carbons (Fsp3) is 0.435. The molecular weight excluding hydrogens is 384 g/mol. The van der Waals surface area contributed by atoms with Gasteiger partial charge in [0.05, 0.1) is 18.2 Å². The molecule has 0 aliphatic heterocycles. The minimum Gasteiger partial charge on any atom is -0.461 e. The van der Waals surface area contributed by atoms with Crippen molar-refractivity contribution >= 4 is 17.8 Å². The minimum atomic E-state index is -0.966. The molecule has 1 aliphatic rings. The van der Waals surface area contributed by atoms with Gasteiger partial charge in [-0.3, -0.25) is 4.79 Å². The number of hydrogen-bond donors (Lipinski definition) is 2. The molecule has 2 N–H and O–H groups in total. The Morgan fingerprint density at radius 2 is 1.93 bits per heavy atom. The van der Waals surface area contributed by atoms with E-state index in [1.807, 2.05) is 18.2 Å². The van der Waals surface area contributed by atoms with E-state index in [4.69, 9.17) is 9.47 Å². The van der Waals surface area contributed by atoms with Crippen LogP contribution in [0.4, 0.5) is 0 Å². The second kappa shape index (κ2) is 9.15. The van der Waals surface area contributed by atoms with Crippen LogP contribution in [-0.4, -0.2) is 35.5 Å². The van der Waals surface area contributed by atoms with Gasteiger partial charge in [0.25, 0.3) is 5.91 Å². The average molecular weight is 412 g/mol. The lowest BCUT2D eigenvalue weighted by Crippen LogP contribution is -2.39. The van der Waals surface area contributed by atoms with E-state index in [2.05, 4.69) is 16.4 Å². The van der Waals surface area contributed by atoms with Gasteiger partial charge < -0.3 is 19.8 Å². The number of nitrogens with one attached hydrogen (secondary N) is 2. The molecule has 0 radical (unpaired) electrons. The number of aromatic amines is 1. The second-order valence-corrected chi connectivity index (χ2v) is 7.55. The van der Waals surface area contributed by atoms with Gasteiger partial charge in [0.1, 0.15) is 5.69 Å². The number of amides is 1. The smallest absolute Gasteiger partial charge is 0.355 e. The van der Waals surface area contributed by atoms with Crippen molar-refractivity contribution in [2.75, 3.05) is 6.61 Å².